The number of piperazine rings is 1. The number of nitrogens with two attached hydrogens (primary N) is 1. The Kier molecular flexibility index (Phi) is 4.52. The summed E-state index contributed by atoms with van der Waals surface area (Å²) in [6.45, 7) is 3.25. The summed E-state index contributed by atoms with van der Waals surface area (Å²) in [6.07, 6.45) is 7.35. The molecule has 2 bridgehead atoms. The fourth-order valence-corrected chi connectivity index (χ4v) is 6.14. The number of nitrogens with zero attached hydrogens (tertiary/aromatic N) is 4. The monoisotopic (exact) mass is 385 g/mol. The largest absolute Gasteiger partial charge is 0.352 e. The van der Waals surface area contributed by atoms with Crippen LogP contribution in [0.3, 0.4) is 0 Å². The number of rotatable bonds is 2. The maximum Gasteiger partial charge on any atom is 0.225 e. The van der Waals surface area contributed by atoms with Gasteiger partial charge in [-0.25, -0.2) is 9.97 Å². The number of carbonyl (C=O) groups excluding carboxylic acids is 1. The van der Waals surface area contributed by atoms with Gasteiger partial charge in [0.05, 0.1) is 5.39 Å². The number of amides is 1. The molecule has 2 aromatic rings. The molecule has 2 aromatic heterocycles. The maximum atomic E-state index is 13.1. The van der Waals surface area contributed by atoms with E-state index in [9.17, 15) is 4.79 Å². The van der Waals surface area contributed by atoms with E-state index in [1.807, 2.05) is 0 Å². The molecule has 2 unspecified atom stereocenters. The van der Waals surface area contributed by atoms with Gasteiger partial charge in [0.25, 0.3) is 0 Å². The average molecular weight is 386 g/mol. The summed E-state index contributed by atoms with van der Waals surface area (Å²) >= 11 is 1.65. The molecule has 3 heterocycles. The summed E-state index contributed by atoms with van der Waals surface area (Å²) in [5, 5.41) is 3.18. The molecule has 1 aliphatic heterocycles. The van der Waals surface area contributed by atoms with Gasteiger partial charge in [0.2, 0.25) is 5.91 Å². The molecule has 7 heteroatoms. The summed E-state index contributed by atoms with van der Waals surface area (Å²) in [7, 11) is 0. The SMILES string of the molecule is NC1C2CCCC1CC(C(=O)N1CCN(c3ncnc4sccc34)CC1)C2. The lowest BCUT2D eigenvalue weighted by molar-refractivity contribution is -0.138. The normalized spacial score (nSPS) is 31.3. The fourth-order valence-electron chi connectivity index (χ4n) is 5.42. The van der Waals surface area contributed by atoms with Crippen LogP contribution in [0.4, 0.5) is 5.82 Å². The molecule has 6 nitrogen and oxygen atoms in total. The molecule has 1 saturated heterocycles. The highest BCUT2D eigenvalue weighted by Crippen LogP contribution is 2.42. The summed E-state index contributed by atoms with van der Waals surface area (Å²) in [5.74, 6) is 2.67. The van der Waals surface area contributed by atoms with Crippen molar-refractivity contribution in [3.63, 3.8) is 0 Å². The Morgan fingerprint density at radius 1 is 1.11 bits per heavy atom. The lowest BCUT2D eigenvalue weighted by atomic mass is 9.65. The van der Waals surface area contributed by atoms with E-state index < -0.39 is 0 Å². The number of hydrogen-bond acceptors (Lipinski definition) is 6. The van der Waals surface area contributed by atoms with Crippen LogP contribution in [0.2, 0.25) is 0 Å². The molecule has 144 valence electrons. The van der Waals surface area contributed by atoms with Gasteiger partial charge in [0.15, 0.2) is 0 Å². The van der Waals surface area contributed by atoms with Crippen LogP contribution >= 0.6 is 11.3 Å². The first-order valence-electron chi connectivity index (χ1n) is 10.2. The Morgan fingerprint density at radius 3 is 2.59 bits per heavy atom. The third-order valence-electron chi connectivity index (χ3n) is 6.89. The van der Waals surface area contributed by atoms with Gasteiger partial charge >= 0.3 is 0 Å². The van der Waals surface area contributed by atoms with Crippen molar-refractivity contribution >= 4 is 33.3 Å². The Labute approximate surface area is 163 Å². The second kappa shape index (κ2) is 7.02. The lowest BCUT2D eigenvalue weighted by Gasteiger charge is -2.45. The molecule has 27 heavy (non-hydrogen) atoms. The number of aromatic nitrogens is 2. The molecule has 3 fully saturated rings. The van der Waals surface area contributed by atoms with Gasteiger partial charge < -0.3 is 15.5 Å². The smallest absolute Gasteiger partial charge is 0.225 e. The van der Waals surface area contributed by atoms with E-state index in [-0.39, 0.29) is 5.92 Å². The highest BCUT2D eigenvalue weighted by Gasteiger charge is 2.42. The van der Waals surface area contributed by atoms with Crippen molar-refractivity contribution in [3.8, 4) is 0 Å². The van der Waals surface area contributed by atoms with E-state index in [0.29, 0.717) is 23.8 Å². The van der Waals surface area contributed by atoms with Crippen molar-refractivity contribution in [1.29, 1.82) is 0 Å². The summed E-state index contributed by atoms with van der Waals surface area (Å²) in [5.41, 5.74) is 6.40. The molecule has 2 aliphatic carbocycles. The fraction of sp³-hybridized carbons (Fsp3) is 0.650. The first-order valence-corrected chi connectivity index (χ1v) is 11.1. The predicted octanol–water partition coefficient (Wildman–Crippen LogP) is 2.49. The van der Waals surface area contributed by atoms with Crippen molar-refractivity contribution in [3.05, 3.63) is 17.8 Å². The minimum absolute atomic E-state index is 0.189. The van der Waals surface area contributed by atoms with Crippen LogP contribution < -0.4 is 10.6 Å². The quantitative estimate of drug-likeness (QED) is 0.860. The zero-order chi connectivity index (χ0) is 18.4. The van der Waals surface area contributed by atoms with Crippen LogP contribution in [0.15, 0.2) is 17.8 Å². The van der Waals surface area contributed by atoms with Gasteiger partial charge in [-0.1, -0.05) is 6.42 Å². The zero-order valence-corrected chi connectivity index (χ0v) is 16.4. The molecular formula is C20H27N5OS. The van der Waals surface area contributed by atoms with Gasteiger partial charge in [-0.2, -0.15) is 0 Å². The maximum absolute atomic E-state index is 13.1. The number of fused-ring (bicyclic) bond motifs is 3. The molecule has 0 radical (unpaired) electrons. The van der Waals surface area contributed by atoms with E-state index in [1.54, 1.807) is 17.7 Å². The van der Waals surface area contributed by atoms with Crippen molar-refractivity contribution < 1.29 is 4.79 Å². The summed E-state index contributed by atoms with van der Waals surface area (Å²) in [6, 6.07) is 2.42. The second-order valence-electron chi connectivity index (χ2n) is 8.35. The van der Waals surface area contributed by atoms with Crippen LogP contribution in [0.1, 0.15) is 32.1 Å². The Bertz CT molecular complexity index is 817. The Hall–Kier alpha value is -1.73. The first-order chi connectivity index (χ1) is 13.2. The molecule has 2 atom stereocenters. The van der Waals surface area contributed by atoms with Crippen molar-refractivity contribution in [2.24, 2.45) is 23.5 Å². The standard InChI is InChI=1S/C20H27N5OS/c21-17-13-2-1-3-14(17)11-15(10-13)20(26)25-7-5-24(6-8-25)18-16-4-9-27-19(16)23-12-22-18/h4,9,12-15,17H,1-3,5-8,10-11,21H2. The second-order valence-corrected chi connectivity index (χ2v) is 9.24. The van der Waals surface area contributed by atoms with E-state index in [2.05, 4.69) is 31.2 Å². The third-order valence-corrected chi connectivity index (χ3v) is 7.71. The highest BCUT2D eigenvalue weighted by atomic mass is 32.1. The number of hydrogen-bond donors (Lipinski definition) is 1. The van der Waals surface area contributed by atoms with Gasteiger partial charge in [-0.15, -0.1) is 11.3 Å². The number of anilines is 1. The van der Waals surface area contributed by atoms with Crippen LogP contribution in [-0.4, -0.2) is 53.0 Å². The van der Waals surface area contributed by atoms with Crippen LogP contribution in [0.5, 0.6) is 0 Å². The van der Waals surface area contributed by atoms with Crippen LogP contribution in [0.25, 0.3) is 10.2 Å². The molecule has 0 aromatic carbocycles. The van der Waals surface area contributed by atoms with Crippen LogP contribution in [0, 0.1) is 17.8 Å². The van der Waals surface area contributed by atoms with Crippen molar-refractivity contribution in [2.45, 2.75) is 38.1 Å². The molecule has 0 spiro atoms. The minimum atomic E-state index is 0.189. The van der Waals surface area contributed by atoms with Gasteiger partial charge in [0.1, 0.15) is 17.0 Å². The molecule has 2 N–H and O–H groups in total. The molecule has 5 rings (SSSR count). The van der Waals surface area contributed by atoms with Gasteiger partial charge in [0, 0.05) is 38.1 Å². The summed E-state index contributed by atoms with van der Waals surface area (Å²) < 4.78 is 0. The molecular weight excluding hydrogens is 358 g/mol. The van der Waals surface area contributed by atoms with Crippen LogP contribution in [-0.2, 0) is 4.79 Å². The lowest BCUT2D eigenvalue weighted by Crippen LogP contribution is -2.53. The van der Waals surface area contributed by atoms with E-state index in [1.165, 1.54) is 19.3 Å². The van der Waals surface area contributed by atoms with E-state index in [0.717, 1.165) is 55.1 Å². The van der Waals surface area contributed by atoms with Gasteiger partial charge in [-0.05, 0) is 49.0 Å². The average Bonchev–Trinajstić information content (AvgIpc) is 3.16. The molecule has 2 saturated carbocycles. The Balaban J connectivity index is 1.24. The zero-order valence-electron chi connectivity index (χ0n) is 15.6. The molecule has 1 amide bonds. The number of thiophene rings is 1. The van der Waals surface area contributed by atoms with Crippen molar-refractivity contribution in [2.75, 3.05) is 31.1 Å². The Morgan fingerprint density at radius 2 is 1.85 bits per heavy atom. The number of carbonyl (C=O) groups is 1. The third kappa shape index (κ3) is 3.10. The van der Waals surface area contributed by atoms with E-state index in [4.69, 9.17) is 5.73 Å². The molecule has 3 aliphatic rings. The predicted molar refractivity (Wildman–Crippen MR) is 108 cm³/mol. The topological polar surface area (TPSA) is 75.4 Å². The first kappa shape index (κ1) is 17.4. The highest BCUT2D eigenvalue weighted by molar-refractivity contribution is 7.16. The summed E-state index contributed by atoms with van der Waals surface area (Å²) in [4.78, 5) is 27.4. The van der Waals surface area contributed by atoms with Gasteiger partial charge in [-0.3, -0.25) is 4.79 Å². The van der Waals surface area contributed by atoms with Crippen molar-refractivity contribution in [1.82, 2.24) is 14.9 Å². The van der Waals surface area contributed by atoms with E-state index >= 15 is 0 Å². The minimum Gasteiger partial charge on any atom is -0.352 e.